The van der Waals surface area contributed by atoms with Crippen molar-refractivity contribution in [1.82, 2.24) is 19.5 Å². The first-order chi connectivity index (χ1) is 9.58. The van der Waals surface area contributed by atoms with Gasteiger partial charge in [-0.2, -0.15) is 5.10 Å². The van der Waals surface area contributed by atoms with Gasteiger partial charge in [0.15, 0.2) is 5.65 Å². The third kappa shape index (κ3) is 2.01. The molecule has 0 aromatic carbocycles. The largest absolute Gasteiger partial charge is 0.465 e. The van der Waals surface area contributed by atoms with Gasteiger partial charge in [0.05, 0.1) is 5.69 Å². The first kappa shape index (κ1) is 12.9. The van der Waals surface area contributed by atoms with Crippen LogP contribution in [0.4, 0.5) is 4.79 Å². The molecule has 0 saturated carbocycles. The first-order valence-electron chi connectivity index (χ1n) is 6.86. The minimum absolute atomic E-state index is 0.330. The maximum absolute atomic E-state index is 11.0. The predicted molar refractivity (Wildman–Crippen MR) is 74.0 cm³/mol. The van der Waals surface area contributed by atoms with Crippen LogP contribution >= 0.6 is 0 Å². The summed E-state index contributed by atoms with van der Waals surface area (Å²) >= 11 is 0. The van der Waals surface area contributed by atoms with Crippen LogP contribution in [0.5, 0.6) is 0 Å². The number of aromatic nitrogens is 3. The number of hydrogen-bond donors (Lipinski definition) is 1. The van der Waals surface area contributed by atoms with Crippen LogP contribution in [-0.2, 0) is 0 Å². The zero-order valence-electron chi connectivity index (χ0n) is 11.7. The van der Waals surface area contributed by atoms with Crippen molar-refractivity contribution in [2.24, 2.45) is 0 Å². The molecule has 1 fully saturated rings. The van der Waals surface area contributed by atoms with Crippen molar-refractivity contribution >= 4 is 11.7 Å². The fourth-order valence-electron chi connectivity index (χ4n) is 2.93. The second kappa shape index (κ2) is 4.77. The number of carboxylic acid groups (broad SMARTS) is 1. The van der Waals surface area contributed by atoms with Crippen molar-refractivity contribution < 1.29 is 9.90 Å². The number of imidazole rings is 1. The molecule has 1 aliphatic heterocycles. The van der Waals surface area contributed by atoms with Gasteiger partial charge in [-0.25, -0.2) is 14.3 Å². The highest BCUT2D eigenvalue weighted by molar-refractivity contribution is 5.65. The van der Waals surface area contributed by atoms with E-state index in [1.807, 2.05) is 10.7 Å². The monoisotopic (exact) mass is 274 g/mol. The molecule has 1 aliphatic rings. The van der Waals surface area contributed by atoms with Crippen molar-refractivity contribution in [2.75, 3.05) is 13.1 Å². The Morgan fingerprint density at radius 2 is 2.00 bits per heavy atom. The SMILES string of the molecule is Cc1c(C2CCN(C(=O)O)CC2)nn2ccnc2c1C. The second-order valence-corrected chi connectivity index (χ2v) is 5.37. The molecule has 2 aromatic heterocycles. The molecule has 0 unspecified atom stereocenters. The van der Waals surface area contributed by atoms with E-state index in [4.69, 9.17) is 5.11 Å². The Kier molecular flexibility index (Phi) is 3.08. The molecule has 0 aliphatic carbocycles. The second-order valence-electron chi connectivity index (χ2n) is 5.37. The minimum Gasteiger partial charge on any atom is -0.465 e. The Morgan fingerprint density at radius 3 is 2.65 bits per heavy atom. The van der Waals surface area contributed by atoms with Crippen molar-refractivity contribution in [1.29, 1.82) is 0 Å². The number of fused-ring (bicyclic) bond motifs is 1. The number of rotatable bonds is 1. The van der Waals surface area contributed by atoms with Gasteiger partial charge in [-0.15, -0.1) is 0 Å². The van der Waals surface area contributed by atoms with Crippen LogP contribution in [0.3, 0.4) is 0 Å². The summed E-state index contributed by atoms with van der Waals surface area (Å²) in [4.78, 5) is 16.8. The van der Waals surface area contributed by atoms with Crippen LogP contribution < -0.4 is 0 Å². The van der Waals surface area contributed by atoms with Gasteiger partial charge < -0.3 is 10.0 Å². The molecule has 1 amide bonds. The Bertz CT molecular complexity index is 656. The molecule has 3 heterocycles. The van der Waals surface area contributed by atoms with Crippen LogP contribution in [0, 0.1) is 13.8 Å². The van der Waals surface area contributed by atoms with E-state index in [1.54, 1.807) is 6.20 Å². The minimum atomic E-state index is -0.825. The normalized spacial score (nSPS) is 16.8. The zero-order valence-corrected chi connectivity index (χ0v) is 11.7. The third-order valence-electron chi connectivity index (χ3n) is 4.27. The van der Waals surface area contributed by atoms with Crippen LogP contribution in [-0.4, -0.2) is 43.8 Å². The van der Waals surface area contributed by atoms with Crippen molar-refractivity contribution in [3.8, 4) is 0 Å². The van der Waals surface area contributed by atoms with E-state index in [-0.39, 0.29) is 0 Å². The van der Waals surface area contributed by atoms with Gasteiger partial charge in [-0.1, -0.05) is 0 Å². The predicted octanol–water partition coefficient (Wildman–Crippen LogP) is 2.20. The molecule has 6 nitrogen and oxygen atoms in total. The Hall–Kier alpha value is -2.11. The van der Waals surface area contributed by atoms with Gasteiger partial charge in [-0.3, -0.25) is 0 Å². The molecule has 0 radical (unpaired) electrons. The molecule has 1 N–H and O–H groups in total. The fourth-order valence-corrected chi connectivity index (χ4v) is 2.93. The lowest BCUT2D eigenvalue weighted by atomic mass is 9.90. The van der Waals surface area contributed by atoms with E-state index in [2.05, 4.69) is 23.9 Å². The number of amides is 1. The van der Waals surface area contributed by atoms with Crippen molar-refractivity contribution in [2.45, 2.75) is 32.6 Å². The van der Waals surface area contributed by atoms with Crippen molar-refractivity contribution in [3.63, 3.8) is 0 Å². The zero-order chi connectivity index (χ0) is 14.3. The Balaban J connectivity index is 1.91. The summed E-state index contributed by atoms with van der Waals surface area (Å²) in [6.45, 7) is 5.31. The first-order valence-corrected chi connectivity index (χ1v) is 6.86. The van der Waals surface area contributed by atoms with Crippen LogP contribution in [0.1, 0.15) is 35.6 Å². The Labute approximate surface area is 117 Å². The molecule has 3 rings (SSSR count). The lowest BCUT2D eigenvalue weighted by Gasteiger charge is -2.30. The maximum atomic E-state index is 11.0. The summed E-state index contributed by atoms with van der Waals surface area (Å²) < 4.78 is 1.82. The molecule has 0 atom stereocenters. The third-order valence-corrected chi connectivity index (χ3v) is 4.27. The van der Waals surface area contributed by atoms with Crippen LogP contribution in [0.15, 0.2) is 12.4 Å². The van der Waals surface area contributed by atoms with E-state index in [0.29, 0.717) is 19.0 Å². The molecular weight excluding hydrogens is 256 g/mol. The van der Waals surface area contributed by atoms with Crippen LogP contribution in [0.2, 0.25) is 0 Å². The lowest BCUT2D eigenvalue weighted by molar-refractivity contribution is 0.131. The number of carbonyl (C=O) groups is 1. The molecular formula is C14H18N4O2. The van der Waals surface area contributed by atoms with E-state index in [0.717, 1.165) is 29.7 Å². The molecule has 1 saturated heterocycles. The number of hydrogen-bond acceptors (Lipinski definition) is 3. The topological polar surface area (TPSA) is 70.7 Å². The molecule has 0 bridgehead atoms. The molecule has 20 heavy (non-hydrogen) atoms. The van der Waals surface area contributed by atoms with Crippen LogP contribution in [0.25, 0.3) is 5.65 Å². The van der Waals surface area contributed by atoms with Gasteiger partial charge >= 0.3 is 6.09 Å². The molecule has 0 spiro atoms. The number of piperidine rings is 1. The standard InChI is InChI=1S/C14H18N4O2/c1-9-10(2)13-15-5-8-18(13)16-12(9)11-3-6-17(7-4-11)14(19)20/h5,8,11H,3-4,6-7H2,1-2H3,(H,19,20). The Morgan fingerprint density at radius 1 is 1.30 bits per heavy atom. The quantitative estimate of drug-likeness (QED) is 0.865. The van der Waals surface area contributed by atoms with E-state index >= 15 is 0 Å². The maximum Gasteiger partial charge on any atom is 0.407 e. The lowest BCUT2D eigenvalue weighted by Crippen LogP contribution is -2.37. The average Bonchev–Trinajstić information content (AvgIpc) is 2.91. The molecule has 106 valence electrons. The molecule has 6 heteroatoms. The van der Waals surface area contributed by atoms with E-state index in [1.165, 1.54) is 10.5 Å². The molecule has 2 aromatic rings. The van der Waals surface area contributed by atoms with Gasteiger partial charge in [0.25, 0.3) is 0 Å². The van der Waals surface area contributed by atoms with Gasteiger partial charge in [-0.05, 0) is 37.8 Å². The van der Waals surface area contributed by atoms with E-state index < -0.39 is 6.09 Å². The summed E-state index contributed by atoms with van der Waals surface area (Å²) in [7, 11) is 0. The summed E-state index contributed by atoms with van der Waals surface area (Å²) in [5.41, 5.74) is 4.31. The highest BCUT2D eigenvalue weighted by Gasteiger charge is 2.26. The summed E-state index contributed by atoms with van der Waals surface area (Å²) in [6, 6.07) is 0. The van der Waals surface area contributed by atoms with Gasteiger partial charge in [0.2, 0.25) is 0 Å². The average molecular weight is 274 g/mol. The smallest absolute Gasteiger partial charge is 0.407 e. The van der Waals surface area contributed by atoms with Gasteiger partial charge in [0.1, 0.15) is 0 Å². The number of nitrogens with zero attached hydrogens (tertiary/aromatic N) is 4. The highest BCUT2D eigenvalue weighted by atomic mass is 16.4. The fraction of sp³-hybridized carbons (Fsp3) is 0.500. The van der Waals surface area contributed by atoms with E-state index in [9.17, 15) is 4.79 Å². The van der Waals surface area contributed by atoms with Crippen molar-refractivity contribution in [3.05, 3.63) is 29.2 Å². The van der Waals surface area contributed by atoms with Gasteiger partial charge in [0, 0.05) is 31.4 Å². The highest BCUT2D eigenvalue weighted by Crippen LogP contribution is 2.30. The summed E-state index contributed by atoms with van der Waals surface area (Å²) in [6.07, 6.45) is 4.46. The summed E-state index contributed by atoms with van der Waals surface area (Å²) in [5.74, 6) is 0.330. The summed E-state index contributed by atoms with van der Waals surface area (Å²) in [5, 5.41) is 13.7. The number of aryl methyl sites for hydroxylation is 1. The number of likely N-dealkylation sites (tertiary alicyclic amines) is 1.